The molecule has 14 heavy (non-hydrogen) atoms. The minimum Gasteiger partial charge on any atom is -0.380 e. The second-order valence-corrected chi connectivity index (χ2v) is 4.68. The summed E-state index contributed by atoms with van der Waals surface area (Å²) in [5.41, 5.74) is 0. The van der Waals surface area contributed by atoms with Gasteiger partial charge in [-0.1, -0.05) is 26.7 Å². The van der Waals surface area contributed by atoms with E-state index in [1.807, 2.05) is 0 Å². The van der Waals surface area contributed by atoms with E-state index >= 15 is 0 Å². The van der Waals surface area contributed by atoms with Crippen molar-refractivity contribution in [1.29, 1.82) is 0 Å². The molecule has 0 rings (SSSR count). The van der Waals surface area contributed by atoms with Crippen LogP contribution in [0, 0.1) is 5.92 Å². The second kappa shape index (κ2) is 8.25. The number of methoxy groups -OCH3 is 1. The molecule has 0 saturated heterocycles. The molecule has 2 atom stereocenters. The number of rotatable bonds is 8. The van der Waals surface area contributed by atoms with Crippen LogP contribution in [0.5, 0.6) is 0 Å². The zero-order valence-corrected chi connectivity index (χ0v) is 10.5. The van der Waals surface area contributed by atoms with Crippen molar-refractivity contribution in [3.63, 3.8) is 0 Å². The second-order valence-electron chi connectivity index (χ2n) is 4.68. The predicted molar refractivity (Wildman–Crippen MR) is 62.6 cm³/mol. The number of hydrogen-bond acceptors (Lipinski definition) is 2. The summed E-state index contributed by atoms with van der Waals surface area (Å²) in [5, 5.41) is 3.48. The fourth-order valence-corrected chi connectivity index (χ4v) is 1.38. The van der Waals surface area contributed by atoms with Crippen LogP contribution in [0.25, 0.3) is 0 Å². The Hall–Kier alpha value is -0.0800. The standard InChI is InChI=1S/C12H27NO/c1-10(2)7-6-8-11(3)13-9-12(4)14-5/h10-13H,6-9H2,1-5H3. The zero-order chi connectivity index (χ0) is 11.0. The topological polar surface area (TPSA) is 21.3 Å². The van der Waals surface area contributed by atoms with E-state index < -0.39 is 0 Å². The van der Waals surface area contributed by atoms with Gasteiger partial charge in [-0.05, 0) is 26.2 Å². The molecule has 0 saturated carbocycles. The SMILES string of the molecule is COC(C)CNC(C)CCCC(C)C. The quantitative estimate of drug-likeness (QED) is 0.652. The molecule has 0 aromatic carbocycles. The van der Waals surface area contributed by atoms with Crippen molar-refractivity contribution in [2.24, 2.45) is 5.92 Å². The summed E-state index contributed by atoms with van der Waals surface area (Å²) in [4.78, 5) is 0. The smallest absolute Gasteiger partial charge is 0.0667 e. The van der Waals surface area contributed by atoms with Gasteiger partial charge in [0.1, 0.15) is 0 Å². The van der Waals surface area contributed by atoms with Crippen LogP contribution in [0.15, 0.2) is 0 Å². The van der Waals surface area contributed by atoms with Gasteiger partial charge in [0.05, 0.1) is 6.10 Å². The molecule has 0 radical (unpaired) electrons. The van der Waals surface area contributed by atoms with Crippen LogP contribution in [-0.4, -0.2) is 25.8 Å². The Morgan fingerprint density at radius 2 is 1.71 bits per heavy atom. The summed E-state index contributed by atoms with van der Waals surface area (Å²) in [6.45, 7) is 9.87. The molecule has 2 heteroatoms. The average Bonchev–Trinajstić information content (AvgIpc) is 2.13. The first-order chi connectivity index (χ1) is 6.56. The Bertz CT molecular complexity index is 125. The molecule has 1 N–H and O–H groups in total. The van der Waals surface area contributed by atoms with Crippen molar-refractivity contribution in [3.8, 4) is 0 Å². The van der Waals surface area contributed by atoms with Crippen LogP contribution >= 0.6 is 0 Å². The number of hydrogen-bond donors (Lipinski definition) is 1. The molecule has 2 unspecified atom stereocenters. The van der Waals surface area contributed by atoms with E-state index in [0.29, 0.717) is 12.1 Å². The Balaban J connectivity index is 3.32. The molecule has 2 nitrogen and oxygen atoms in total. The lowest BCUT2D eigenvalue weighted by atomic mass is 10.0. The summed E-state index contributed by atoms with van der Waals surface area (Å²) in [6, 6.07) is 0.617. The summed E-state index contributed by atoms with van der Waals surface area (Å²) < 4.78 is 5.18. The fourth-order valence-electron chi connectivity index (χ4n) is 1.38. The first-order valence-corrected chi connectivity index (χ1v) is 5.82. The fraction of sp³-hybridized carbons (Fsp3) is 1.00. The van der Waals surface area contributed by atoms with Crippen LogP contribution in [0.2, 0.25) is 0 Å². The molecule has 0 fully saturated rings. The maximum atomic E-state index is 5.18. The van der Waals surface area contributed by atoms with Gasteiger partial charge in [0.2, 0.25) is 0 Å². The van der Waals surface area contributed by atoms with Gasteiger partial charge in [-0.15, -0.1) is 0 Å². The molecule has 86 valence electrons. The van der Waals surface area contributed by atoms with Crippen LogP contribution in [-0.2, 0) is 4.74 Å². The van der Waals surface area contributed by atoms with Crippen molar-refractivity contribution >= 4 is 0 Å². The molecule has 0 aliphatic carbocycles. The molecular weight excluding hydrogens is 174 g/mol. The maximum Gasteiger partial charge on any atom is 0.0667 e. The van der Waals surface area contributed by atoms with Crippen LogP contribution in [0.4, 0.5) is 0 Å². The van der Waals surface area contributed by atoms with Crippen molar-refractivity contribution in [3.05, 3.63) is 0 Å². The maximum absolute atomic E-state index is 5.18. The summed E-state index contributed by atoms with van der Waals surface area (Å²) in [5.74, 6) is 0.833. The highest BCUT2D eigenvalue weighted by atomic mass is 16.5. The van der Waals surface area contributed by atoms with Gasteiger partial charge in [0.25, 0.3) is 0 Å². The lowest BCUT2D eigenvalue weighted by Gasteiger charge is -2.17. The third-order valence-electron chi connectivity index (χ3n) is 2.57. The molecule has 0 bridgehead atoms. The molecule has 0 amide bonds. The zero-order valence-electron chi connectivity index (χ0n) is 10.5. The molecular formula is C12H27NO. The Morgan fingerprint density at radius 1 is 1.07 bits per heavy atom. The molecule has 0 spiro atoms. The van der Waals surface area contributed by atoms with E-state index in [0.717, 1.165) is 12.5 Å². The van der Waals surface area contributed by atoms with Gasteiger partial charge in [-0.25, -0.2) is 0 Å². The first-order valence-electron chi connectivity index (χ1n) is 5.82. The lowest BCUT2D eigenvalue weighted by Crippen LogP contribution is -2.33. The van der Waals surface area contributed by atoms with Crippen LogP contribution < -0.4 is 5.32 Å². The minimum absolute atomic E-state index is 0.322. The third-order valence-corrected chi connectivity index (χ3v) is 2.57. The summed E-state index contributed by atoms with van der Waals surface area (Å²) in [6.07, 6.45) is 4.26. The predicted octanol–water partition coefficient (Wildman–Crippen LogP) is 2.83. The van der Waals surface area contributed by atoms with Gasteiger partial charge in [-0.2, -0.15) is 0 Å². The third kappa shape index (κ3) is 8.52. The molecule has 0 aromatic rings. The van der Waals surface area contributed by atoms with Crippen LogP contribution in [0.1, 0.15) is 47.0 Å². The summed E-state index contributed by atoms with van der Waals surface area (Å²) in [7, 11) is 1.76. The number of nitrogens with one attached hydrogen (secondary N) is 1. The molecule has 0 aromatic heterocycles. The summed E-state index contributed by atoms with van der Waals surface area (Å²) >= 11 is 0. The Morgan fingerprint density at radius 3 is 2.21 bits per heavy atom. The molecule has 0 aliphatic heterocycles. The van der Waals surface area contributed by atoms with Crippen molar-refractivity contribution in [2.45, 2.75) is 59.1 Å². The first kappa shape index (κ1) is 13.9. The van der Waals surface area contributed by atoms with E-state index in [1.165, 1.54) is 19.3 Å². The van der Waals surface area contributed by atoms with Crippen LogP contribution in [0.3, 0.4) is 0 Å². The largest absolute Gasteiger partial charge is 0.380 e. The highest BCUT2D eigenvalue weighted by Crippen LogP contribution is 2.08. The lowest BCUT2D eigenvalue weighted by molar-refractivity contribution is 0.114. The molecule has 0 heterocycles. The van der Waals surface area contributed by atoms with Crippen molar-refractivity contribution in [2.75, 3.05) is 13.7 Å². The molecule has 0 aliphatic rings. The average molecular weight is 201 g/mol. The van der Waals surface area contributed by atoms with Gasteiger partial charge >= 0.3 is 0 Å². The van der Waals surface area contributed by atoms with Crippen molar-refractivity contribution < 1.29 is 4.74 Å². The highest BCUT2D eigenvalue weighted by molar-refractivity contribution is 4.63. The van der Waals surface area contributed by atoms with E-state index in [4.69, 9.17) is 4.74 Å². The number of ether oxygens (including phenoxy) is 1. The normalized spacial score (nSPS) is 15.9. The van der Waals surface area contributed by atoms with E-state index in [9.17, 15) is 0 Å². The van der Waals surface area contributed by atoms with Gasteiger partial charge in [0, 0.05) is 19.7 Å². The van der Waals surface area contributed by atoms with E-state index in [2.05, 4.69) is 33.0 Å². The Kier molecular flexibility index (Phi) is 8.20. The van der Waals surface area contributed by atoms with E-state index in [1.54, 1.807) is 7.11 Å². The monoisotopic (exact) mass is 201 g/mol. The minimum atomic E-state index is 0.322. The van der Waals surface area contributed by atoms with Crippen molar-refractivity contribution in [1.82, 2.24) is 5.32 Å². The van der Waals surface area contributed by atoms with Gasteiger partial charge < -0.3 is 10.1 Å². The highest BCUT2D eigenvalue weighted by Gasteiger charge is 2.04. The van der Waals surface area contributed by atoms with Gasteiger partial charge in [0.15, 0.2) is 0 Å². The van der Waals surface area contributed by atoms with E-state index in [-0.39, 0.29) is 0 Å². The van der Waals surface area contributed by atoms with Gasteiger partial charge in [-0.3, -0.25) is 0 Å². The Labute approximate surface area is 89.4 Å².